The van der Waals surface area contributed by atoms with Crippen molar-refractivity contribution in [3.8, 4) is 5.75 Å². The van der Waals surface area contributed by atoms with E-state index in [1.165, 1.54) is 0 Å². The number of rotatable bonds is 10. The van der Waals surface area contributed by atoms with Gasteiger partial charge in [-0.05, 0) is 64.7 Å². The van der Waals surface area contributed by atoms with Crippen LogP contribution in [0.15, 0.2) is 95.5 Å². The van der Waals surface area contributed by atoms with Crippen LogP contribution in [0.3, 0.4) is 0 Å². The highest BCUT2D eigenvalue weighted by Crippen LogP contribution is 2.33. The third-order valence-electron chi connectivity index (χ3n) is 6.35. The quantitative estimate of drug-likeness (QED) is 0.237. The maximum absolute atomic E-state index is 13.8. The SMILES string of the molecule is Cc1ccc(CN(C(=O)COc2ccc3ccccc3c2Br)[C@H](Cc2ccccc2)C(=O)NC(C)C)cc1. The number of fused-ring (bicyclic) bond motifs is 1. The minimum absolute atomic E-state index is 0.0538. The molecule has 0 spiro atoms. The van der Waals surface area contributed by atoms with Gasteiger partial charge in [-0.15, -0.1) is 0 Å². The van der Waals surface area contributed by atoms with Gasteiger partial charge in [0.1, 0.15) is 11.8 Å². The molecule has 0 aromatic heterocycles. The average molecular weight is 574 g/mol. The normalized spacial score (nSPS) is 11.8. The lowest BCUT2D eigenvalue weighted by molar-refractivity contribution is -0.143. The highest BCUT2D eigenvalue weighted by molar-refractivity contribution is 9.10. The Kier molecular flexibility index (Phi) is 9.19. The van der Waals surface area contributed by atoms with E-state index >= 15 is 0 Å². The maximum Gasteiger partial charge on any atom is 0.261 e. The Morgan fingerprint density at radius 3 is 2.26 bits per heavy atom. The van der Waals surface area contributed by atoms with Crippen molar-refractivity contribution >= 4 is 38.5 Å². The average Bonchev–Trinajstić information content (AvgIpc) is 2.91. The molecule has 196 valence electrons. The second-order valence-corrected chi connectivity index (χ2v) is 10.6. The highest BCUT2D eigenvalue weighted by Gasteiger charge is 2.31. The van der Waals surface area contributed by atoms with Gasteiger partial charge in [0.15, 0.2) is 6.61 Å². The molecule has 1 atom stereocenters. The largest absolute Gasteiger partial charge is 0.483 e. The molecule has 5 nitrogen and oxygen atoms in total. The van der Waals surface area contributed by atoms with Gasteiger partial charge >= 0.3 is 0 Å². The maximum atomic E-state index is 13.8. The molecule has 2 amide bonds. The van der Waals surface area contributed by atoms with Crippen LogP contribution in [0.5, 0.6) is 5.75 Å². The third kappa shape index (κ3) is 7.01. The second kappa shape index (κ2) is 12.7. The molecule has 6 heteroatoms. The monoisotopic (exact) mass is 572 g/mol. The molecule has 0 aliphatic heterocycles. The number of aryl methyl sites for hydroxylation is 1. The van der Waals surface area contributed by atoms with Gasteiger partial charge in [0, 0.05) is 19.0 Å². The van der Waals surface area contributed by atoms with Gasteiger partial charge in [0.25, 0.3) is 5.91 Å². The Hall–Kier alpha value is -3.64. The summed E-state index contributed by atoms with van der Waals surface area (Å²) in [4.78, 5) is 28.9. The topological polar surface area (TPSA) is 58.6 Å². The molecule has 4 aromatic rings. The standard InChI is InChI=1S/C32H33BrN2O3/c1-22(2)34-32(37)28(19-24-9-5-4-6-10-24)35(20-25-15-13-23(3)14-16-25)30(36)21-38-29-18-17-26-11-7-8-12-27(26)31(29)33/h4-18,22,28H,19-21H2,1-3H3,(H,34,37)/t28-/m1/s1. The van der Waals surface area contributed by atoms with E-state index in [0.717, 1.165) is 31.9 Å². The number of amides is 2. The molecule has 0 heterocycles. The predicted octanol–water partition coefficient (Wildman–Crippen LogP) is 6.45. The van der Waals surface area contributed by atoms with Crippen LogP contribution in [0.1, 0.15) is 30.5 Å². The molecule has 0 radical (unpaired) electrons. The molecule has 0 saturated carbocycles. The fourth-order valence-corrected chi connectivity index (χ4v) is 4.98. The Balaban J connectivity index is 1.63. The van der Waals surface area contributed by atoms with Gasteiger partial charge in [-0.25, -0.2) is 0 Å². The highest BCUT2D eigenvalue weighted by atomic mass is 79.9. The molecule has 38 heavy (non-hydrogen) atoms. The van der Waals surface area contributed by atoms with E-state index in [1.54, 1.807) is 4.90 Å². The summed E-state index contributed by atoms with van der Waals surface area (Å²) in [5.74, 6) is 0.139. The predicted molar refractivity (Wildman–Crippen MR) is 156 cm³/mol. The van der Waals surface area contributed by atoms with Crippen molar-refractivity contribution in [1.82, 2.24) is 10.2 Å². The molecule has 0 fully saturated rings. The van der Waals surface area contributed by atoms with Crippen LogP contribution in [-0.2, 0) is 22.6 Å². The van der Waals surface area contributed by atoms with Gasteiger partial charge in [-0.2, -0.15) is 0 Å². The number of carbonyl (C=O) groups excluding carboxylic acids is 2. The smallest absolute Gasteiger partial charge is 0.261 e. The molecule has 0 saturated heterocycles. The number of nitrogens with zero attached hydrogens (tertiary/aromatic N) is 1. The van der Waals surface area contributed by atoms with Gasteiger partial charge in [-0.3, -0.25) is 9.59 Å². The lowest BCUT2D eigenvalue weighted by Crippen LogP contribution is -2.52. The molecule has 0 unspecified atom stereocenters. The summed E-state index contributed by atoms with van der Waals surface area (Å²) in [5, 5.41) is 5.10. The van der Waals surface area contributed by atoms with Crippen molar-refractivity contribution in [1.29, 1.82) is 0 Å². The van der Waals surface area contributed by atoms with Crippen molar-refractivity contribution in [2.45, 2.75) is 45.8 Å². The fourth-order valence-electron chi connectivity index (χ4n) is 4.37. The lowest BCUT2D eigenvalue weighted by atomic mass is 10.0. The summed E-state index contributed by atoms with van der Waals surface area (Å²) in [6.45, 7) is 5.97. The van der Waals surface area contributed by atoms with Gasteiger partial charge in [0.05, 0.1) is 4.47 Å². The molecular formula is C32H33BrN2O3. The van der Waals surface area contributed by atoms with Gasteiger partial charge in [0.2, 0.25) is 5.91 Å². The summed E-state index contributed by atoms with van der Waals surface area (Å²) in [6, 6.07) is 28.9. The number of hydrogen-bond donors (Lipinski definition) is 1. The van der Waals surface area contributed by atoms with Crippen LogP contribution in [0, 0.1) is 6.92 Å². The number of hydrogen-bond acceptors (Lipinski definition) is 3. The van der Waals surface area contributed by atoms with E-state index < -0.39 is 6.04 Å². The summed E-state index contributed by atoms with van der Waals surface area (Å²) >= 11 is 3.64. The molecule has 1 N–H and O–H groups in total. The second-order valence-electron chi connectivity index (χ2n) is 9.76. The summed E-state index contributed by atoms with van der Waals surface area (Å²) in [6.07, 6.45) is 0.399. The van der Waals surface area contributed by atoms with E-state index in [1.807, 2.05) is 112 Å². The Morgan fingerprint density at radius 2 is 1.55 bits per heavy atom. The zero-order valence-electron chi connectivity index (χ0n) is 22.0. The van der Waals surface area contributed by atoms with Crippen molar-refractivity contribution in [2.75, 3.05) is 6.61 Å². The molecule has 4 rings (SSSR count). The Labute approximate surface area is 232 Å². The molecular weight excluding hydrogens is 540 g/mol. The summed E-state index contributed by atoms with van der Waals surface area (Å²) in [5.41, 5.74) is 3.07. The lowest BCUT2D eigenvalue weighted by Gasteiger charge is -2.32. The number of nitrogens with one attached hydrogen (secondary N) is 1. The van der Waals surface area contributed by atoms with E-state index in [0.29, 0.717) is 18.7 Å². The zero-order valence-corrected chi connectivity index (χ0v) is 23.6. The van der Waals surface area contributed by atoms with Crippen molar-refractivity contribution in [3.05, 3.63) is 112 Å². The van der Waals surface area contributed by atoms with E-state index in [9.17, 15) is 9.59 Å². The van der Waals surface area contributed by atoms with Crippen LogP contribution in [-0.4, -0.2) is 35.4 Å². The Bertz CT molecular complexity index is 1390. The molecule has 4 aromatic carbocycles. The molecule has 0 aliphatic carbocycles. The first-order chi connectivity index (χ1) is 18.3. The number of halogens is 1. The third-order valence-corrected chi connectivity index (χ3v) is 7.17. The van der Waals surface area contributed by atoms with Crippen molar-refractivity contribution in [3.63, 3.8) is 0 Å². The van der Waals surface area contributed by atoms with E-state index in [2.05, 4.69) is 21.2 Å². The van der Waals surface area contributed by atoms with Crippen LogP contribution in [0.2, 0.25) is 0 Å². The van der Waals surface area contributed by atoms with Crippen LogP contribution in [0.25, 0.3) is 10.8 Å². The first-order valence-electron chi connectivity index (χ1n) is 12.8. The fraction of sp³-hybridized carbons (Fsp3) is 0.250. The van der Waals surface area contributed by atoms with Crippen molar-refractivity contribution in [2.24, 2.45) is 0 Å². The summed E-state index contributed by atoms with van der Waals surface area (Å²) in [7, 11) is 0. The summed E-state index contributed by atoms with van der Waals surface area (Å²) < 4.78 is 6.83. The first kappa shape index (κ1) is 27.4. The molecule has 0 bridgehead atoms. The Morgan fingerprint density at radius 1 is 0.868 bits per heavy atom. The van der Waals surface area contributed by atoms with Crippen LogP contribution < -0.4 is 10.1 Å². The van der Waals surface area contributed by atoms with Gasteiger partial charge < -0.3 is 15.0 Å². The van der Waals surface area contributed by atoms with E-state index in [4.69, 9.17) is 4.74 Å². The van der Waals surface area contributed by atoms with Crippen molar-refractivity contribution < 1.29 is 14.3 Å². The number of benzene rings is 4. The van der Waals surface area contributed by atoms with Crippen LogP contribution >= 0.6 is 15.9 Å². The number of carbonyl (C=O) groups is 2. The van der Waals surface area contributed by atoms with E-state index in [-0.39, 0.29) is 24.5 Å². The minimum Gasteiger partial charge on any atom is -0.483 e. The van der Waals surface area contributed by atoms with Gasteiger partial charge in [-0.1, -0.05) is 90.5 Å². The minimum atomic E-state index is -0.697. The zero-order chi connectivity index (χ0) is 27.1. The number of ether oxygens (including phenoxy) is 1. The molecule has 0 aliphatic rings. The first-order valence-corrected chi connectivity index (χ1v) is 13.6. The van der Waals surface area contributed by atoms with Crippen LogP contribution in [0.4, 0.5) is 0 Å².